The van der Waals surface area contributed by atoms with Gasteiger partial charge in [0.05, 0.1) is 17.2 Å². The molecule has 7 heteroatoms. The molecular formula is C14H19Cl3N2O2. The van der Waals surface area contributed by atoms with Crippen LogP contribution >= 0.6 is 35.6 Å². The molecule has 0 saturated carbocycles. The second-order valence-corrected chi connectivity index (χ2v) is 5.73. The lowest BCUT2D eigenvalue weighted by Crippen LogP contribution is -2.15. The number of carbonyl (C=O) groups excluding carboxylic acids is 1. The Balaban J connectivity index is 0.00000220. The van der Waals surface area contributed by atoms with Crippen molar-refractivity contribution in [2.75, 3.05) is 25.5 Å². The van der Waals surface area contributed by atoms with Crippen molar-refractivity contribution < 1.29 is 9.53 Å². The first-order valence-corrected chi connectivity index (χ1v) is 7.39. The van der Waals surface area contributed by atoms with Crippen molar-refractivity contribution in [3.05, 3.63) is 22.2 Å². The van der Waals surface area contributed by atoms with E-state index in [0.717, 1.165) is 25.9 Å². The van der Waals surface area contributed by atoms with Gasteiger partial charge in [0.25, 0.3) is 0 Å². The summed E-state index contributed by atoms with van der Waals surface area (Å²) >= 11 is 12.1. The SMILES string of the molecule is COc1c(Cl)cc(NC(=O)CCC2CCNC2)cc1Cl.Cl. The van der Waals surface area contributed by atoms with E-state index in [1.54, 1.807) is 12.1 Å². The zero-order valence-corrected chi connectivity index (χ0v) is 14.1. The summed E-state index contributed by atoms with van der Waals surface area (Å²) in [5.74, 6) is 1.00. The normalized spacial score (nSPS) is 17.2. The van der Waals surface area contributed by atoms with Crippen LogP contribution in [0.4, 0.5) is 5.69 Å². The molecule has 1 amide bonds. The Hall–Kier alpha value is -0.680. The fourth-order valence-corrected chi connectivity index (χ4v) is 2.99. The van der Waals surface area contributed by atoms with Crippen molar-refractivity contribution in [1.82, 2.24) is 5.32 Å². The van der Waals surface area contributed by atoms with Crippen molar-refractivity contribution >= 4 is 47.2 Å². The summed E-state index contributed by atoms with van der Waals surface area (Å²) in [7, 11) is 1.50. The minimum absolute atomic E-state index is 0. The third kappa shape index (κ3) is 5.22. The van der Waals surface area contributed by atoms with Gasteiger partial charge >= 0.3 is 0 Å². The molecule has 0 spiro atoms. The molecule has 4 nitrogen and oxygen atoms in total. The molecule has 1 aliphatic heterocycles. The van der Waals surface area contributed by atoms with E-state index in [2.05, 4.69) is 10.6 Å². The average molecular weight is 354 g/mol. The van der Waals surface area contributed by atoms with Crippen LogP contribution in [-0.2, 0) is 4.79 Å². The van der Waals surface area contributed by atoms with Crippen LogP contribution in [0.2, 0.25) is 10.0 Å². The molecule has 0 aromatic heterocycles. The van der Waals surface area contributed by atoms with Gasteiger partial charge in [0.15, 0.2) is 5.75 Å². The van der Waals surface area contributed by atoms with Gasteiger partial charge in [0.2, 0.25) is 5.91 Å². The highest BCUT2D eigenvalue weighted by atomic mass is 35.5. The van der Waals surface area contributed by atoms with Gasteiger partial charge < -0.3 is 15.4 Å². The maximum Gasteiger partial charge on any atom is 0.224 e. The maximum atomic E-state index is 11.9. The Morgan fingerprint density at radius 2 is 2.10 bits per heavy atom. The molecule has 1 aliphatic rings. The smallest absolute Gasteiger partial charge is 0.224 e. The van der Waals surface area contributed by atoms with Gasteiger partial charge in [-0.25, -0.2) is 0 Å². The summed E-state index contributed by atoms with van der Waals surface area (Å²) in [6.45, 7) is 2.06. The summed E-state index contributed by atoms with van der Waals surface area (Å²) in [5, 5.41) is 6.88. The van der Waals surface area contributed by atoms with Crippen molar-refractivity contribution in [2.24, 2.45) is 5.92 Å². The first kappa shape index (κ1) is 18.4. The number of anilines is 1. The number of carbonyl (C=O) groups is 1. The molecule has 2 rings (SSSR count). The molecule has 118 valence electrons. The van der Waals surface area contributed by atoms with E-state index in [9.17, 15) is 4.79 Å². The number of rotatable bonds is 5. The second kappa shape index (κ2) is 8.69. The van der Waals surface area contributed by atoms with Crippen LogP contribution in [0, 0.1) is 5.92 Å². The Bertz CT molecular complexity index is 468. The van der Waals surface area contributed by atoms with E-state index in [4.69, 9.17) is 27.9 Å². The Kier molecular flexibility index (Phi) is 7.60. The molecule has 0 aliphatic carbocycles. The first-order valence-electron chi connectivity index (χ1n) is 6.63. The predicted molar refractivity (Wildman–Crippen MR) is 89.1 cm³/mol. The molecule has 1 saturated heterocycles. The van der Waals surface area contributed by atoms with Crippen LogP contribution in [0.5, 0.6) is 5.75 Å². The minimum Gasteiger partial charge on any atom is -0.494 e. The van der Waals surface area contributed by atoms with Crippen LogP contribution in [0.1, 0.15) is 19.3 Å². The molecule has 2 N–H and O–H groups in total. The highest BCUT2D eigenvalue weighted by Crippen LogP contribution is 2.35. The molecule has 1 heterocycles. The van der Waals surface area contributed by atoms with Gasteiger partial charge in [-0.1, -0.05) is 23.2 Å². The zero-order chi connectivity index (χ0) is 14.5. The number of benzene rings is 1. The predicted octanol–water partition coefficient (Wildman–Crippen LogP) is 3.75. The van der Waals surface area contributed by atoms with E-state index in [1.807, 2.05) is 0 Å². The van der Waals surface area contributed by atoms with Crippen LogP contribution < -0.4 is 15.4 Å². The fraction of sp³-hybridized carbons (Fsp3) is 0.500. The van der Waals surface area contributed by atoms with Gasteiger partial charge in [0.1, 0.15) is 0 Å². The third-order valence-corrected chi connectivity index (χ3v) is 3.99. The lowest BCUT2D eigenvalue weighted by molar-refractivity contribution is -0.116. The van der Waals surface area contributed by atoms with Gasteiger partial charge in [-0.3, -0.25) is 4.79 Å². The molecule has 1 fully saturated rings. The Morgan fingerprint density at radius 3 is 2.62 bits per heavy atom. The first-order chi connectivity index (χ1) is 9.60. The van der Waals surface area contributed by atoms with Crippen LogP contribution in [-0.4, -0.2) is 26.1 Å². The average Bonchev–Trinajstić information content (AvgIpc) is 2.89. The molecule has 1 aromatic carbocycles. The van der Waals surface area contributed by atoms with Crippen molar-refractivity contribution in [2.45, 2.75) is 19.3 Å². The Morgan fingerprint density at radius 1 is 1.43 bits per heavy atom. The Labute approximate surface area is 140 Å². The van der Waals surface area contributed by atoms with Crippen molar-refractivity contribution in [3.8, 4) is 5.75 Å². The number of amides is 1. The quantitative estimate of drug-likeness (QED) is 0.847. The van der Waals surface area contributed by atoms with E-state index in [-0.39, 0.29) is 18.3 Å². The third-order valence-electron chi connectivity index (χ3n) is 3.43. The van der Waals surface area contributed by atoms with Crippen molar-refractivity contribution in [3.63, 3.8) is 0 Å². The number of methoxy groups -OCH3 is 1. The number of hydrogen-bond donors (Lipinski definition) is 2. The van der Waals surface area contributed by atoms with E-state index < -0.39 is 0 Å². The molecule has 21 heavy (non-hydrogen) atoms. The van der Waals surface area contributed by atoms with Gasteiger partial charge in [-0.15, -0.1) is 12.4 Å². The monoisotopic (exact) mass is 352 g/mol. The second-order valence-electron chi connectivity index (χ2n) is 4.92. The molecule has 1 atom stereocenters. The van der Waals surface area contributed by atoms with E-state index >= 15 is 0 Å². The summed E-state index contributed by atoms with van der Waals surface area (Å²) in [5.41, 5.74) is 0.593. The summed E-state index contributed by atoms with van der Waals surface area (Å²) in [4.78, 5) is 11.9. The number of halogens is 3. The van der Waals surface area contributed by atoms with Gasteiger partial charge in [0, 0.05) is 12.1 Å². The van der Waals surface area contributed by atoms with Crippen LogP contribution in [0.15, 0.2) is 12.1 Å². The summed E-state index contributed by atoms with van der Waals surface area (Å²) in [6, 6.07) is 3.28. The maximum absolute atomic E-state index is 11.9. The van der Waals surface area contributed by atoms with Crippen LogP contribution in [0.3, 0.4) is 0 Å². The standard InChI is InChI=1S/C14H18Cl2N2O2.ClH/c1-20-14-11(15)6-10(7-12(14)16)18-13(19)3-2-9-4-5-17-8-9;/h6-7,9,17H,2-5,8H2,1H3,(H,18,19);1H. The minimum atomic E-state index is -0.0193. The molecule has 1 aromatic rings. The number of hydrogen-bond acceptors (Lipinski definition) is 3. The largest absolute Gasteiger partial charge is 0.494 e. The highest BCUT2D eigenvalue weighted by molar-refractivity contribution is 6.37. The summed E-state index contributed by atoms with van der Waals surface area (Å²) in [6.07, 6.45) is 2.55. The topological polar surface area (TPSA) is 50.4 Å². The molecule has 0 radical (unpaired) electrons. The van der Waals surface area contributed by atoms with Crippen molar-refractivity contribution in [1.29, 1.82) is 0 Å². The number of ether oxygens (including phenoxy) is 1. The van der Waals surface area contributed by atoms with E-state index in [1.165, 1.54) is 7.11 Å². The van der Waals surface area contributed by atoms with Gasteiger partial charge in [-0.05, 0) is 44.0 Å². The molecule has 0 bridgehead atoms. The number of nitrogens with one attached hydrogen (secondary N) is 2. The summed E-state index contributed by atoms with van der Waals surface area (Å²) < 4.78 is 5.07. The zero-order valence-electron chi connectivity index (χ0n) is 11.7. The van der Waals surface area contributed by atoms with Crippen LogP contribution in [0.25, 0.3) is 0 Å². The van der Waals surface area contributed by atoms with E-state index in [0.29, 0.717) is 33.8 Å². The highest BCUT2D eigenvalue weighted by Gasteiger charge is 2.16. The lowest BCUT2D eigenvalue weighted by Gasteiger charge is -2.11. The fourth-order valence-electron chi connectivity index (χ4n) is 2.35. The van der Waals surface area contributed by atoms with Gasteiger partial charge in [-0.2, -0.15) is 0 Å². The molecule has 1 unspecified atom stereocenters. The lowest BCUT2D eigenvalue weighted by atomic mass is 10.0. The molecular weight excluding hydrogens is 335 g/mol.